The molecule has 3 atom stereocenters. The minimum absolute atomic E-state index is 0.0489. The fraction of sp³-hybridized carbons (Fsp3) is 0.421. The zero-order valence-corrected chi connectivity index (χ0v) is 12.8. The highest BCUT2D eigenvalue weighted by Crippen LogP contribution is 2.60. The Hall–Kier alpha value is -1.87. The van der Waals surface area contributed by atoms with Crippen LogP contribution in [0, 0.1) is 5.92 Å². The highest BCUT2D eigenvalue weighted by Gasteiger charge is 2.60. The molecule has 0 aromatic heterocycles. The highest BCUT2D eigenvalue weighted by molar-refractivity contribution is 5.89. The highest BCUT2D eigenvalue weighted by atomic mass is 16.1. The Bertz CT molecular complexity index is 735. The van der Waals surface area contributed by atoms with Crippen molar-refractivity contribution in [3.05, 3.63) is 53.3 Å². The molecule has 4 aliphatic rings. The molecule has 1 spiro atoms. The molecule has 2 bridgehead atoms. The zero-order valence-electron chi connectivity index (χ0n) is 12.8. The molecular weight excluding hydrogens is 272 g/mol. The van der Waals surface area contributed by atoms with Crippen LogP contribution >= 0.6 is 0 Å². The van der Waals surface area contributed by atoms with Gasteiger partial charge in [0, 0.05) is 30.7 Å². The maximum atomic E-state index is 11.8. The number of piperidine rings is 1. The van der Waals surface area contributed by atoms with Crippen LogP contribution in [0.5, 0.6) is 0 Å². The Balaban J connectivity index is 1.80. The minimum atomic E-state index is 0.0489. The normalized spacial score (nSPS) is 37.0. The van der Waals surface area contributed by atoms with Crippen LogP contribution in [0.3, 0.4) is 0 Å². The lowest BCUT2D eigenvalue weighted by Gasteiger charge is -2.47. The first-order valence-corrected chi connectivity index (χ1v) is 8.25. The van der Waals surface area contributed by atoms with E-state index in [2.05, 4.69) is 42.2 Å². The van der Waals surface area contributed by atoms with E-state index in [1.807, 2.05) is 11.0 Å². The van der Waals surface area contributed by atoms with Crippen LogP contribution in [0.25, 0.3) is 0 Å². The number of hydrogen-bond donors (Lipinski definition) is 0. The summed E-state index contributed by atoms with van der Waals surface area (Å²) in [7, 11) is 0. The molecule has 2 fully saturated rings. The molecule has 5 rings (SSSR count). The van der Waals surface area contributed by atoms with E-state index in [1.54, 1.807) is 0 Å². The molecule has 2 saturated heterocycles. The molecule has 1 aromatic carbocycles. The van der Waals surface area contributed by atoms with Crippen molar-refractivity contribution in [2.45, 2.75) is 31.2 Å². The molecule has 0 saturated carbocycles. The van der Waals surface area contributed by atoms with Gasteiger partial charge >= 0.3 is 0 Å². The van der Waals surface area contributed by atoms with Crippen LogP contribution in [-0.4, -0.2) is 30.4 Å². The van der Waals surface area contributed by atoms with Gasteiger partial charge in [0.25, 0.3) is 0 Å². The van der Waals surface area contributed by atoms with Gasteiger partial charge in [-0.1, -0.05) is 35.9 Å². The molecule has 0 radical (unpaired) electrons. The van der Waals surface area contributed by atoms with Crippen LogP contribution in [0.15, 0.2) is 47.7 Å². The Morgan fingerprint density at radius 3 is 3.00 bits per heavy atom. The molecule has 0 N–H and O–H groups in total. The van der Waals surface area contributed by atoms with E-state index in [4.69, 9.17) is 0 Å². The summed E-state index contributed by atoms with van der Waals surface area (Å²) in [6, 6.07) is 9.05. The molecule has 112 valence electrons. The van der Waals surface area contributed by atoms with Crippen molar-refractivity contribution >= 4 is 12.1 Å². The summed E-state index contributed by atoms with van der Waals surface area (Å²) >= 11 is 0. The number of benzene rings is 1. The summed E-state index contributed by atoms with van der Waals surface area (Å²) in [5.74, 6) is 0.504. The van der Waals surface area contributed by atoms with Gasteiger partial charge in [-0.2, -0.15) is 0 Å². The first-order chi connectivity index (χ1) is 10.8. The van der Waals surface area contributed by atoms with Gasteiger partial charge < -0.3 is 0 Å². The maximum Gasteiger partial charge on any atom is 0.218 e. The number of anilines is 1. The third-order valence-corrected chi connectivity index (χ3v) is 6.34. The third-order valence-electron chi connectivity index (χ3n) is 6.34. The number of carbonyl (C=O) groups excluding carboxylic acids is 1. The molecule has 1 aliphatic carbocycles. The van der Waals surface area contributed by atoms with Crippen LogP contribution in [0.2, 0.25) is 0 Å². The first kappa shape index (κ1) is 12.7. The Labute approximate surface area is 130 Å². The topological polar surface area (TPSA) is 23.6 Å². The number of rotatable bonds is 1. The predicted molar refractivity (Wildman–Crippen MR) is 86.6 cm³/mol. The fourth-order valence-electron chi connectivity index (χ4n) is 5.41. The number of hydrogen-bond acceptors (Lipinski definition) is 2. The maximum absolute atomic E-state index is 11.8. The number of fused-ring (bicyclic) bond motifs is 2. The molecule has 3 heteroatoms. The third kappa shape index (κ3) is 1.25. The van der Waals surface area contributed by atoms with E-state index in [0.29, 0.717) is 12.0 Å². The van der Waals surface area contributed by atoms with Crippen LogP contribution in [0.4, 0.5) is 5.69 Å². The van der Waals surface area contributed by atoms with Crippen molar-refractivity contribution in [2.75, 3.05) is 18.0 Å². The first-order valence-electron chi connectivity index (χ1n) is 8.25. The van der Waals surface area contributed by atoms with E-state index in [1.165, 1.54) is 23.3 Å². The lowest BCUT2D eigenvalue weighted by molar-refractivity contribution is -0.107. The van der Waals surface area contributed by atoms with Crippen molar-refractivity contribution < 1.29 is 4.79 Å². The lowest BCUT2D eigenvalue weighted by atomic mass is 9.64. The quantitative estimate of drug-likeness (QED) is 0.587. The van der Waals surface area contributed by atoms with E-state index >= 15 is 0 Å². The van der Waals surface area contributed by atoms with Crippen LogP contribution < -0.4 is 4.90 Å². The second kappa shape index (κ2) is 4.11. The Morgan fingerprint density at radius 1 is 1.32 bits per heavy atom. The van der Waals surface area contributed by atoms with Crippen molar-refractivity contribution in [2.24, 2.45) is 5.92 Å². The van der Waals surface area contributed by atoms with Gasteiger partial charge in [0.15, 0.2) is 0 Å². The molecule has 1 amide bonds. The fourth-order valence-corrected chi connectivity index (χ4v) is 5.41. The zero-order chi connectivity index (χ0) is 14.9. The second-order valence-electron chi connectivity index (χ2n) is 6.96. The number of para-hydroxylation sites is 1. The summed E-state index contributed by atoms with van der Waals surface area (Å²) in [5, 5.41) is 0. The standard InChI is InChI=1S/C19H20N2O/c1-2-13-11-20-8-7-19-15-5-3-4-6-16(15)21(12-22)18(19)10-14(13)9-17(19)20/h2-6,10,12,14,17H,7-9,11H2,1H3. The number of amides is 1. The SMILES string of the molecule is CC=C1CN2CCC34C(=CC1CC23)N(C=O)c1ccccc14. The van der Waals surface area contributed by atoms with Crippen molar-refractivity contribution in [3.8, 4) is 0 Å². The average Bonchev–Trinajstić information content (AvgIpc) is 3.08. The van der Waals surface area contributed by atoms with Gasteiger partial charge in [0.2, 0.25) is 6.41 Å². The number of allylic oxidation sites excluding steroid dienone is 2. The summed E-state index contributed by atoms with van der Waals surface area (Å²) in [6.45, 7) is 4.38. The molecule has 3 unspecified atom stereocenters. The average molecular weight is 292 g/mol. The summed E-state index contributed by atoms with van der Waals surface area (Å²) < 4.78 is 0. The Morgan fingerprint density at radius 2 is 2.18 bits per heavy atom. The van der Waals surface area contributed by atoms with Crippen LogP contribution in [-0.2, 0) is 10.2 Å². The van der Waals surface area contributed by atoms with E-state index in [0.717, 1.165) is 31.6 Å². The van der Waals surface area contributed by atoms with Gasteiger partial charge in [-0.3, -0.25) is 14.6 Å². The monoisotopic (exact) mass is 292 g/mol. The molecular formula is C19H20N2O. The van der Waals surface area contributed by atoms with E-state index in [-0.39, 0.29) is 5.41 Å². The van der Waals surface area contributed by atoms with Gasteiger partial charge in [0.1, 0.15) is 0 Å². The number of carbonyl (C=O) groups is 1. The van der Waals surface area contributed by atoms with Crippen molar-refractivity contribution in [1.29, 1.82) is 0 Å². The number of nitrogens with zero attached hydrogens (tertiary/aromatic N) is 2. The molecule has 3 aliphatic heterocycles. The minimum Gasteiger partial charge on any atom is -0.295 e. The van der Waals surface area contributed by atoms with Gasteiger partial charge in [-0.15, -0.1) is 0 Å². The summed E-state index contributed by atoms with van der Waals surface area (Å²) in [6.07, 6.45) is 8.01. The molecule has 1 aromatic rings. The van der Waals surface area contributed by atoms with Crippen molar-refractivity contribution in [1.82, 2.24) is 4.90 Å². The largest absolute Gasteiger partial charge is 0.295 e. The lowest BCUT2D eigenvalue weighted by Crippen LogP contribution is -2.51. The summed E-state index contributed by atoms with van der Waals surface area (Å²) in [5.41, 5.74) is 5.27. The molecule has 3 heterocycles. The summed E-state index contributed by atoms with van der Waals surface area (Å²) in [4.78, 5) is 16.4. The smallest absolute Gasteiger partial charge is 0.218 e. The van der Waals surface area contributed by atoms with Gasteiger partial charge in [0.05, 0.1) is 11.1 Å². The van der Waals surface area contributed by atoms with Gasteiger partial charge in [-0.25, -0.2) is 0 Å². The van der Waals surface area contributed by atoms with Crippen molar-refractivity contribution in [3.63, 3.8) is 0 Å². The van der Waals surface area contributed by atoms with Gasteiger partial charge in [-0.05, 0) is 31.4 Å². The second-order valence-corrected chi connectivity index (χ2v) is 6.96. The molecule has 22 heavy (non-hydrogen) atoms. The molecule has 3 nitrogen and oxygen atoms in total. The van der Waals surface area contributed by atoms with E-state index < -0.39 is 0 Å². The predicted octanol–water partition coefficient (Wildman–Crippen LogP) is 2.84. The Kier molecular flexibility index (Phi) is 2.36. The van der Waals surface area contributed by atoms with Crippen LogP contribution in [0.1, 0.15) is 25.3 Å². The van der Waals surface area contributed by atoms with E-state index in [9.17, 15) is 4.79 Å².